The van der Waals surface area contributed by atoms with E-state index in [9.17, 15) is 24.3 Å². The molecule has 180 valence electrons. The number of carbonyl (C=O) groups excluding carboxylic acids is 3. The number of carbonyl (C=O) groups is 4. The molecule has 1 aliphatic carbocycles. The van der Waals surface area contributed by atoms with Crippen molar-refractivity contribution < 1.29 is 33.8 Å². The summed E-state index contributed by atoms with van der Waals surface area (Å²) in [5, 5.41) is 14.2. The van der Waals surface area contributed by atoms with Gasteiger partial charge in [0.15, 0.2) is 0 Å². The van der Waals surface area contributed by atoms with Crippen LogP contribution < -0.4 is 10.6 Å². The molecule has 0 fully saturated rings. The van der Waals surface area contributed by atoms with Gasteiger partial charge in [0.25, 0.3) is 0 Å². The molecular weight excluding hydrogens is 440 g/mol. The molecule has 0 aromatic heterocycles. The highest BCUT2D eigenvalue weighted by molar-refractivity contribution is 5.92. The van der Waals surface area contributed by atoms with E-state index in [0.29, 0.717) is 0 Å². The Morgan fingerprint density at radius 2 is 1.56 bits per heavy atom. The minimum absolute atomic E-state index is 0.0778. The molecule has 34 heavy (non-hydrogen) atoms. The number of methoxy groups -OCH3 is 1. The first-order chi connectivity index (χ1) is 16.1. The van der Waals surface area contributed by atoms with E-state index in [0.717, 1.165) is 22.3 Å². The standard InChI is InChI=1S/C25H28N2O7/c1-25(2,23(31)26-20(22(29)30)12-13-21(28)33-3)27-24(32)34-14-19-17-10-6-4-8-15(17)16-9-5-7-11-18(16)19/h4-11,19-20H,12-14H2,1-3H3,(H,26,31)(H,27,32)(H,29,30). The van der Waals surface area contributed by atoms with Crippen LogP contribution in [0.4, 0.5) is 4.79 Å². The fraction of sp³-hybridized carbons (Fsp3) is 0.360. The lowest BCUT2D eigenvalue weighted by Gasteiger charge is -2.27. The topological polar surface area (TPSA) is 131 Å². The molecule has 3 rings (SSSR count). The average molecular weight is 469 g/mol. The largest absolute Gasteiger partial charge is 0.480 e. The number of amides is 2. The van der Waals surface area contributed by atoms with Gasteiger partial charge in [-0.3, -0.25) is 9.59 Å². The van der Waals surface area contributed by atoms with Crippen LogP contribution in [0, 0.1) is 0 Å². The fourth-order valence-corrected chi connectivity index (χ4v) is 3.91. The monoisotopic (exact) mass is 468 g/mol. The number of nitrogens with one attached hydrogen (secondary N) is 2. The van der Waals surface area contributed by atoms with E-state index < -0.39 is 35.5 Å². The molecule has 1 atom stereocenters. The Labute approximate surface area is 197 Å². The zero-order valence-electron chi connectivity index (χ0n) is 19.3. The lowest BCUT2D eigenvalue weighted by molar-refractivity contribution is -0.144. The van der Waals surface area contributed by atoms with Crippen LogP contribution in [0.3, 0.4) is 0 Å². The third-order valence-corrected chi connectivity index (χ3v) is 5.79. The Morgan fingerprint density at radius 3 is 2.09 bits per heavy atom. The molecule has 9 heteroatoms. The molecule has 0 aliphatic heterocycles. The molecule has 1 unspecified atom stereocenters. The summed E-state index contributed by atoms with van der Waals surface area (Å²) in [6.45, 7) is 2.94. The molecule has 0 saturated carbocycles. The Hall–Kier alpha value is -3.88. The summed E-state index contributed by atoms with van der Waals surface area (Å²) >= 11 is 0. The second-order valence-electron chi connectivity index (χ2n) is 8.55. The molecule has 9 nitrogen and oxygen atoms in total. The summed E-state index contributed by atoms with van der Waals surface area (Å²) in [6.07, 6.45) is -1.12. The highest BCUT2D eigenvalue weighted by Gasteiger charge is 2.34. The molecule has 0 spiro atoms. The number of aliphatic carboxylic acids is 1. The fourth-order valence-electron chi connectivity index (χ4n) is 3.91. The summed E-state index contributed by atoms with van der Waals surface area (Å²) in [5.74, 6) is -2.74. The first-order valence-electron chi connectivity index (χ1n) is 10.9. The third-order valence-electron chi connectivity index (χ3n) is 5.79. The van der Waals surface area contributed by atoms with E-state index in [4.69, 9.17) is 4.74 Å². The van der Waals surface area contributed by atoms with Gasteiger partial charge < -0.3 is 25.2 Å². The highest BCUT2D eigenvalue weighted by atomic mass is 16.5. The van der Waals surface area contributed by atoms with Crippen LogP contribution in [0.1, 0.15) is 43.7 Å². The van der Waals surface area contributed by atoms with Gasteiger partial charge in [0.05, 0.1) is 7.11 Å². The first kappa shape index (κ1) is 24.8. The maximum atomic E-state index is 12.7. The number of carboxylic acid groups (broad SMARTS) is 1. The summed E-state index contributed by atoms with van der Waals surface area (Å²) in [7, 11) is 1.19. The van der Waals surface area contributed by atoms with Crippen molar-refractivity contribution >= 4 is 23.9 Å². The molecule has 2 aromatic rings. The van der Waals surface area contributed by atoms with E-state index in [2.05, 4.69) is 15.4 Å². The van der Waals surface area contributed by atoms with E-state index in [1.165, 1.54) is 21.0 Å². The zero-order chi connectivity index (χ0) is 24.9. The van der Waals surface area contributed by atoms with E-state index in [-0.39, 0.29) is 25.4 Å². The van der Waals surface area contributed by atoms with Crippen molar-refractivity contribution in [3.8, 4) is 11.1 Å². The molecule has 0 heterocycles. The van der Waals surface area contributed by atoms with Crippen LogP contribution >= 0.6 is 0 Å². The number of hydrogen-bond donors (Lipinski definition) is 3. The maximum absolute atomic E-state index is 12.7. The number of fused-ring (bicyclic) bond motifs is 3. The predicted octanol–water partition coefficient (Wildman–Crippen LogP) is 2.83. The van der Waals surface area contributed by atoms with Gasteiger partial charge in [0.2, 0.25) is 5.91 Å². The van der Waals surface area contributed by atoms with Crippen LogP contribution in [-0.2, 0) is 23.9 Å². The van der Waals surface area contributed by atoms with E-state index >= 15 is 0 Å². The van der Waals surface area contributed by atoms with Crippen molar-refractivity contribution in [1.82, 2.24) is 10.6 Å². The van der Waals surface area contributed by atoms with E-state index in [1.54, 1.807) is 0 Å². The van der Waals surface area contributed by atoms with Gasteiger partial charge in [0, 0.05) is 12.3 Å². The normalized spacial score (nSPS) is 13.3. The van der Waals surface area contributed by atoms with Crippen LogP contribution in [0.25, 0.3) is 11.1 Å². The molecule has 0 radical (unpaired) electrons. The van der Waals surface area contributed by atoms with Crippen molar-refractivity contribution in [3.63, 3.8) is 0 Å². The Balaban J connectivity index is 1.60. The lowest BCUT2D eigenvalue weighted by atomic mass is 9.98. The van der Waals surface area contributed by atoms with Crippen LogP contribution in [0.2, 0.25) is 0 Å². The van der Waals surface area contributed by atoms with Crippen LogP contribution in [0.15, 0.2) is 48.5 Å². The van der Waals surface area contributed by atoms with Crippen molar-refractivity contribution in [2.75, 3.05) is 13.7 Å². The molecular formula is C25H28N2O7. The van der Waals surface area contributed by atoms with Gasteiger partial charge in [0.1, 0.15) is 18.2 Å². The summed E-state index contributed by atoms with van der Waals surface area (Å²) < 4.78 is 9.96. The van der Waals surface area contributed by atoms with Crippen molar-refractivity contribution in [1.29, 1.82) is 0 Å². The van der Waals surface area contributed by atoms with Crippen molar-refractivity contribution in [3.05, 3.63) is 59.7 Å². The first-order valence-corrected chi connectivity index (χ1v) is 10.9. The molecule has 2 aromatic carbocycles. The van der Waals surface area contributed by atoms with Gasteiger partial charge in [-0.1, -0.05) is 48.5 Å². The Bertz CT molecular complexity index is 1050. The number of ether oxygens (including phenoxy) is 2. The van der Waals surface area contributed by atoms with Crippen molar-refractivity contribution in [2.24, 2.45) is 0 Å². The summed E-state index contributed by atoms with van der Waals surface area (Å²) in [4.78, 5) is 47.9. The number of hydrogen-bond acceptors (Lipinski definition) is 6. The lowest BCUT2D eigenvalue weighted by Crippen LogP contribution is -2.58. The quantitative estimate of drug-likeness (QED) is 0.482. The van der Waals surface area contributed by atoms with E-state index in [1.807, 2.05) is 48.5 Å². The summed E-state index contributed by atoms with van der Waals surface area (Å²) in [5.41, 5.74) is 2.85. The van der Waals surface area contributed by atoms with Crippen LogP contribution in [0.5, 0.6) is 0 Å². The number of benzene rings is 2. The maximum Gasteiger partial charge on any atom is 0.408 e. The van der Waals surface area contributed by atoms with Crippen LogP contribution in [-0.4, -0.2) is 54.3 Å². The summed E-state index contributed by atoms with van der Waals surface area (Å²) in [6, 6.07) is 14.5. The van der Waals surface area contributed by atoms with Gasteiger partial charge in [-0.05, 0) is 42.5 Å². The Kier molecular flexibility index (Phi) is 7.55. The zero-order valence-corrected chi connectivity index (χ0v) is 19.3. The number of rotatable bonds is 9. The SMILES string of the molecule is COC(=O)CCC(NC(=O)C(C)(C)NC(=O)OCC1c2ccccc2-c2ccccc21)C(=O)O. The second-order valence-corrected chi connectivity index (χ2v) is 8.55. The minimum atomic E-state index is -1.46. The number of alkyl carbamates (subject to hydrolysis) is 1. The van der Waals surface area contributed by atoms with Gasteiger partial charge in [-0.25, -0.2) is 9.59 Å². The average Bonchev–Trinajstić information content (AvgIpc) is 3.13. The smallest absolute Gasteiger partial charge is 0.408 e. The molecule has 3 N–H and O–H groups in total. The Morgan fingerprint density at radius 1 is 1.00 bits per heavy atom. The molecule has 0 bridgehead atoms. The molecule has 2 amide bonds. The second kappa shape index (κ2) is 10.4. The number of carboxylic acids is 1. The number of esters is 1. The van der Waals surface area contributed by atoms with Gasteiger partial charge in [-0.2, -0.15) is 0 Å². The van der Waals surface area contributed by atoms with Gasteiger partial charge in [-0.15, -0.1) is 0 Å². The highest BCUT2D eigenvalue weighted by Crippen LogP contribution is 2.44. The molecule has 1 aliphatic rings. The van der Waals surface area contributed by atoms with Crippen molar-refractivity contribution in [2.45, 2.75) is 44.2 Å². The molecule has 0 saturated heterocycles. The predicted molar refractivity (Wildman–Crippen MR) is 123 cm³/mol. The minimum Gasteiger partial charge on any atom is -0.480 e. The van der Waals surface area contributed by atoms with Gasteiger partial charge >= 0.3 is 18.0 Å². The third kappa shape index (κ3) is 5.54.